The molecule has 0 saturated carbocycles. The van der Waals surface area contributed by atoms with Crippen LogP contribution in [0.3, 0.4) is 0 Å². The monoisotopic (exact) mass is 296 g/mol. The van der Waals surface area contributed by atoms with Gasteiger partial charge in [-0.15, -0.1) is 0 Å². The predicted octanol–water partition coefficient (Wildman–Crippen LogP) is 1.74. The molecular formula is C11H9ClN4O4. The van der Waals surface area contributed by atoms with Crippen molar-refractivity contribution in [2.45, 2.75) is 6.54 Å². The number of hydrogen-bond acceptors (Lipinski definition) is 5. The zero-order valence-electron chi connectivity index (χ0n) is 9.96. The number of aromatic carboxylic acids is 1. The Kier molecular flexibility index (Phi) is 4.16. The van der Waals surface area contributed by atoms with Crippen LogP contribution in [0.4, 0.5) is 10.5 Å². The summed E-state index contributed by atoms with van der Waals surface area (Å²) in [6.07, 6.45) is 1.14. The van der Waals surface area contributed by atoms with Gasteiger partial charge in [-0.3, -0.25) is 0 Å². The molecule has 2 aromatic rings. The molecule has 1 heterocycles. The number of nitrogens with zero attached hydrogens (tertiary/aromatic N) is 2. The smallest absolute Gasteiger partial charge is 0.335 e. The maximum absolute atomic E-state index is 11.6. The van der Waals surface area contributed by atoms with Crippen molar-refractivity contribution in [2.75, 3.05) is 5.32 Å². The summed E-state index contributed by atoms with van der Waals surface area (Å²) < 4.78 is 4.51. The second-order valence-corrected chi connectivity index (χ2v) is 4.13. The molecule has 0 spiro atoms. The Morgan fingerprint density at radius 3 is 2.80 bits per heavy atom. The normalized spacial score (nSPS) is 10.1. The fourth-order valence-corrected chi connectivity index (χ4v) is 1.63. The molecule has 9 heteroatoms. The van der Waals surface area contributed by atoms with Crippen LogP contribution in [-0.4, -0.2) is 27.2 Å². The molecule has 2 amide bonds. The summed E-state index contributed by atoms with van der Waals surface area (Å²) in [4.78, 5) is 26.2. The molecule has 3 N–H and O–H groups in total. The van der Waals surface area contributed by atoms with E-state index in [9.17, 15) is 9.59 Å². The van der Waals surface area contributed by atoms with Crippen LogP contribution in [0.15, 0.2) is 29.1 Å². The zero-order chi connectivity index (χ0) is 14.5. The number of urea groups is 1. The van der Waals surface area contributed by atoms with Crippen molar-refractivity contribution < 1.29 is 19.2 Å². The van der Waals surface area contributed by atoms with Gasteiger partial charge in [0.1, 0.15) is 0 Å². The molecule has 104 valence electrons. The Morgan fingerprint density at radius 2 is 2.15 bits per heavy atom. The minimum Gasteiger partial charge on any atom is -0.478 e. The van der Waals surface area contributed by atoms with Gasteiger partial charge in [0.2, 0.25) is 6.39 Å². The van der Waals surface area contributed by atoms with Crippen molar-refractivity contribution in [3.05, 3.63) is 41.0 Å². The number of carboxylic acid groups (broad SMARTS) is 1. The minimum atomic E-state index is -1.14. The molecule has 0 radical (unpaired) electrons. The molecule has 0 unspecified atom stereocenters. The maximum atomic E-state index is 11.6. The molecule has 20 heavy (non-hydrogen) atoms. The highest BCUT2D eigenvalue weighted by Gasteiger charge is 2.09. The molecule has 0 aliphatic carbocycles. The Hall–Kier alpha value is -2.61. The fraction of sp³-hybridized carbons (Fsp3) is 0.0909. The van der Waals surface area contributed by atoms with Gasteiger partial charge in [0.25, 0.3) is 0 Å². The van der Waals surface area contributed by atoms with E-state index in [1.54, 1.807) is 0 Å². The average Bonchev–Trinajstić information content (AvgIpc) is 2.88. The summed E-state index contributed by atoms with van der Waals surface area (Å²) in [5.74, 6) is -0.819. The van der Waals surface area contributed by atoms with Crippen LogP contribution in [-0.2, 0) is 6.54 Å². The summed E-state index contributed by atoms with van der Waals surface area (Å²) in [6, 6.07) is 3.46. The molecule has 0 atom stereocenters. The summed E-state index contributed by atoms with van der Waals surface area (Å²) in [6.45, 7) is 0.0781. The molecule has 2 rings (SSSR count). The van der Waals surface area contributed by atoms with Crippen molar-refractivity contribution in [3.8, 4) is 0 Å². The van der Waals surface area contributed by atoms with E-state index in [0.29, 0.717) is 5.82 Å². The van der Waals surface area contributed by atoms with Gasteiger partial charge in [-0.2, -0.15) is 4.98 Å². The molecule has 1 aromatic heterocycles. The van der Waals surface area contributed by atoms with E-state index in [0.717, 1.165) is 6.39 Å². The number of carbonyl (C=O) groups is 2. The molecule has 0 bridgehead atoms. The lowest BCUT2D eigenvalue weighted by Crippen LogP contribution is -2.28. The highest BCUT2D eigenvalue weighted by Crippen LogP contribution is 2.19. The van der Waals surface area contributed by atoms with Gasteiger partial charge >= 0.3 is 12.0 Å². The van der Waals surface area contributed by atoms with E-state index in [-0.39, 0.29) is 22.8 Å². The number of carboxylic acids is 1. The van der Waals surface area contributed by atoms with Crippen molar-refractivity contribution in [1.82, 2.24) is 15.5 Å². The molecule has 1 aromatic carbocycles. The molecule has 8 nitrogen and oxygen atoms in total. The molecule has 0 aliphatic rings. The number of hydrogen-bond donors (Lipinski definition) is 3. The van der Waals surface area contributed by atoms with Crippen molar-refractivity contribution in [1.29, 1.82) is 0 Å². The van der Waals surface area contributed by atoms with Crippen LogP contribution in [0, 0.1) is 0 Å². The van der Waals surface area contributed by atoms with E-state index in [2.05, 4.69) is 25.3 Å². The Labute approximate surface area is 117 Å². The third-order valence-corrected chi connectivity index (χ3v) is 2.43. The standard InChI is InChI=1S/C11H9ClN4O4/c12-7-1-6(10(17)18)2-8(3-7)15-11(19)13-4-9-14-5-20-16-9/h1-3,5H,4H2,(H,17,18)(H2,13,15,19). The van der Waals surface area contributed by atoms with Crippen LogP contribution >= 0.6 is 11.6 Å². The summed E-state index contributed by atoms with van der Waals surface area (Å²) >= 11 is 5.77. The lowest BCUT2D eigenvalue weighted by molar-refractivity contribution is 0.0697. The number of benzene rings is 1. The van der Waals surface area contributed by atoms with Crippen LogP contribution in [0.25, 0.3) is 0 Å². The zero-order valence-corrected chi connectivity index (χ0v) is 10.7. The highest BCUT2D eigenvalue weighted by molar-refractivity contribution is 6.31. The third-order valence-electron chi connectivity index (χ3n) is 2.22. The number of carbonyl (C=O) groups excluding carboxylic acids is 1. The topological polar surface area (TPSA) is 117 Å². The predicted molar refractivity (Wildman–Crippen MR) is 68.6 cm³/mol. The van der Waals surface area contributed by atoms with E-state index in [4.69, 9.17) is 16.7 Å². The number of aromatic nitrogens is 2. The molecule has 0 aliphatic heterocycles. The lowest BCUT2D eigenvalue weighted by Gasteiger charge is -2.07. The fourth-order valence-electron chi connectivity index (χ4n) is 1.39. The van der Waals surface area contributed by atoms with Gasteiger partial charge < -0.3 is 20.3 Å². The number of halogens is 1. The second-order valence-electron chi connectivity index (χ2n) is 3.69. The largest absolute Gasteiger partial charge is 0.478 e. The van der Waals surface area contributed by atoms with Crippen LogP contribution in [0.5, 0.6) is 0 Å². The van der Waals surface area contributed by atoms with Crippen molar-refractivity contribution in [3.63, 3.8) is 0 Å². The summed E-state index contributed by atoms with van der Waals surface area (Å²) in [7, 11) is 0. The van der Waals surface area contributed by atoms with E-state index in [1.807, 2.05) is 0 Å². The van der Waals surface area contributed by atoms with Crippen LogP contribution < -0.4 is 10.6 Å². The molecule has 0 saturated heterocycles. The van der Waals surface area contributed by atoms with E-state index in [1.165, 1.54) is 18.2 Å². The summed E-state index contributed by atoms with van der Waals surface area (Å²) in [5, 5.41) is 17.5. The number of nitrogens with one attached hydrogen (secondary N) is 2. The summed E-state index contributed by atoms with van der Waals surface area (Å²) in [5.41, 5.74) is 0.242. The van der Waals surface area contributed by atoms with Crippen LogP contribution in [0.2, 0.25) is 5.02 Å². The SMILES string of the molecule is O=C(NCc1ncon1)Nc1cc(Cl)cc(C(=O)O)c1. The number of rotatable bonds is 4. The first kappa shape index (κ1) is 13.8. The first-order valence-electron chi connectivity index (χ1n) is 5.38. The third kappa shape index (κ3) is 3.69. The van der Waals surface area contributed by atoms with Gasteiger partial charge in [0.15, 0.2) is 5.82 Å². The molecular weight excluding hydrogens is 288 g/mol. The van der Waals surface area contributed by atoms with Gasteiger partial charge in [-0.05, 0) is 18.2 Å². The highest BCUT2D eigenvalue weighted by atomic mass is 35.5. The Morgan fingerprint density at radius 1 is 1.35 bits per heavy atom. The van der Waals surface area contributed by atoms with Gasteiger partial charge in [0, 0.05) is 10.7 Å². The van der Waals surface area contributed by atoms with Crippen molar-refractivity contribution >= 4 is 29.3 Å². The van der Waals surface area contributed by atoms with Gasteiger partial charge in [0.05, 0.1) is 12.1 Å². The lowest BCUT2D eigenvalue weighted by atomic mass is 10.2. The Bertz CT molecular complexity index is 629. The Balaban J connectivity index is 1.98. The van der Waals surface area contributed by atoms with Crippen LogP contribution in [0.1, 0.15) is 16.2 Å². The number of anilines is 1. The average molecular weight is 297 g/mol. The quantitative estimate of drug-likeness (QED) is 0.791. The van der Waals surface area contributed by atoms with Gasteiger partial charge in [-0.25, -0.2) is 9.59 Å². The first-order valence-corrected chi connectivity index (χ1v) is 5.76. The van der Waals surface area contributed by atoms with Crippen molar-refractivity contribution in [2.24, 2.45) is 0 Å². The number of amides is 2. The van der Waals surface area contributed by atoms with Gasteiger partial charge in [-0.1, -0.05) is 16.8 Å². The minimum absolute atomic E-state index is 0.0223. The maximum Gasteiger partial charge on any atom is 0.335 e. The first-order chi connectivity index (χ1) is 9.54. The second kappa shape index (κ2) is 6.02. The van der Waals surface area contributed by atoms with E-state index >= 15 is 0 Å². The van der Waals surface area contributed by atoms with E-state index < -0.39 is 12.0 Å². The molecule has 0 fully saturated rings.